The lowest BCUT2D eigenvalue weighted by Gasteiger charge is -2.53. The summed E-state index contributed by atoms with van der Waals surface area (Å²) < 4.78 is 71.6. The molecule has 4 saturated heterocycles. The van der Waals surface area contributed by atoms with Crippen LogP contribution in [0.4, 0.5) is 0 Å². The molecular weight excluding hydrogens is 837 g/mol. The summed E-state index contributed by atoms with van der Waals surface area (Å²) in [5.41, 5.74) is -1.42. The van der Waals surface area contributed by atoms with Gasteiger partial charge in [-0.25, -0.2) is 4.79 Å². The molecule has 1 aromatic rings. The maximum absolute atomic E-state index is 14.6. The van der Waals surface area contributed by atoms with Gasteiger partial charge >= 0.3 is 17.9 Å². The van der Waals surface area contributed by atoms with E-state index in [1.165, 1.54) is 0 Å². The van der Waals surface area contributed by atoms with Gasteiger partial charge in [0.2, 0.25) is 6.29 Å². The number of cyclic esters (lactones) is 1. The number of benzene rings is 1. The molecule has 14 heteroatoms. The maximum atomic E-state index is 14.6. The molecule has 0 radical (unpaired) electrons. The Morgan fingerprint density at radius 1 is 0.862 bits per heavy atom. The van der Waals surface area contributed by atoms with Crippen molar-refractivity contribution in [1.82, 2.24) is 0 Å². The van der Waals surface area contributed by atoms with Crippen molar-refractivity contribution in [3.63, 3.8) is 0 Å². The minimum absolute atomic E-state index is 0.0193. The van der Waals surface area contributed by atoms with Gasteiger partial charge in [0.25, 0.3) is 0 Å². The molecule has 8 aliphatic rings. The van der Waals surface area contributed by atoms with Crippen molar-refractivity contribution in [2.24, 2.45) is 22.7 Å². The molecule has 3 aliphatic carbocycles. The van der Waals surface area contributed by atoms with E-state index in [-0.39, 0.29) is 55.8 Å². The summed E-state index contributed by atoms with van der Waals surface area (Å²) >= 11 is 0. The lowest BCUT2D eigenvalue weighted by molar-refractivity contribution is -0.319. The van der Waals surface area contributed by atoms with E-state index in [0.717, 1.165) is 61.7 Å². The summed E-state index contributed by atoms with van der Waals surface area (Å²) in [6.07, 6.45) is 1.72. The number of hydrogen-bond acceptors (Lipinski definition) is 14. The summed E-state index contributed by atoms with van der Waals surface area (Å²) in [6.45, 7) is 18.3. The zero-order valence-electron chi connectivity index (χ0n) is 39.8. The minimum Gasteiger partial charge on any atom is -0.458 e. The van der Waals surface area contributed by atoms with Crippen LogP contribution < -0.4 is 0 Å². The summed E-state index contributed by atoms with van der Waals surface area (Å²) in [5.74, 6) is -1.40. The third kappa shape index (κ3) is 7.81. The van der Waals surface area contributed by atoms with Gasteiger partial charge in [0.15, 0.2) is 11.7 Å². The summed E-state index contributed by atoms with van der Waals surface area (Å²) in [5, 5.41) is 0. The number of unbranched alkanes of at least 4 members (excludes halogenated alkanes) is 3. The van der Waals surface area contributed by atoms with Gasteiger partial charge in [-0.15, -0.1) is 0 Å². The summed E-state index contributed by atoms with van der Waals surface area (Å²) in [7, 11) is 0. The number of rotatable bonds is 22. The van der Waals surface area contributed by atoms with Crippen LogP contribution in [-0.4, -0.2) is 123 Å². The van der Waals surface area contributed by atoms with Crippen LogP contribution in [-0.2, 0) is 73.1 Å². The smallest absolute Gasteiger partial charge is 0.334 e. The van der Waals surface area contributed by atoms with Gasteiger partial charge in [0, 0.05) is 30.8 Å². The fourth-order valence-corrected chi connectivity index (χ4v) is 12.3. The monoisotopic (exact) mass is 908 g/mol. The Morgan fingerprint density at radius 3 is 2.28 bits per heavy atom. The van der Waals surface area contributed by atoms with Crippen LogP contribution in [0, 0.1) is 22.7 Å². The summed E-state index contributed by atoms with van der Waals surface area (Å²) in [6, 6.07) is 9.80. The van der Waals surface area contributed by atoms with E-state index < -0.39 is 76.4 Å². The Balaban J connectivity index is 0.950. The van der Waals surface area contributed by atoms with Gasteiger partial charge in [-0.05, 0) is 75.3 Å². The molecule has 0 bridgehead atoms. The van der Waals surface area contributed by atoms with E-state index in [4.69, 9.17) is 52.1 Å². The molecule has 0 aromatic heterocycles. The van der Waals surface area contributed by atoms with E-state index in [9.17, 15) is 14.4 Å². The van der Waals surface area contributed by atoms with Crippen molar-refractivity contribution < 1.29 is 66.5 Å². The predicted molar refractivity (Wildman–Crippen MR) is 234 cm³/mol. The Kier molecular flexibility index (Phi) is 13.2. The molecule has 1 aromatic carbocycles. The number of epoxide rings is 3. The number of esters is 3. The van der Waals surface area contributed by atoms with Gasteiger partial charge in [0.05, 0.1) is 31.2 Å². The Bertz CT molecular complexity index is 1950. The van der Waals surface area contributed by atoms with Crippen LogP contribution in [0.15, 0.2) is 41.5 Å². The maximum Gasteiger partial charge on any atom is 0.334 e. The lowest BCUT2D eigenvalue weighted by Crippen LogP contribution is -2.70. The third-order valence-corrected chi connectivity index (χ3v) is 16.1. The fourth-order valence-electron chi connectivity index (χ4n) is 12.3. The van der Waals surface area contributed by atoms with E-state index in [2.05, 4.69) is 41.5 Å². The van der Waals surface area contributed by atoms with Crippen molar-refractivity contribution >= 4 is 17.9 Å². The quantitative estimate of drug-likeness (QED) is 0.0501. The van der Waals surface area contributed by atoms with E-state index in [0.29, 0.717) is 39.3 Å². The van der Waals surface area contributed by atoms with E-state index >= 15 is 0 Å². The molecule has 14 atom stereocenters. The molecule has 9 rings (SSSR count). The first-order chi connectivity index (χ1) is 31.2. The van der Waals surface area contributed by atoms with Gasteiger partial charge in [-0.2, -0.15) is 0 Å². The van der Waals surface area contributed by atoms with Crippen LogP contribution in [0.5, 0.6) is 0 Å². The molecule has 6 fully saturated rings. The highest BCUT2D eigenvalue weighted by Gasteiger charge is 3.01. The highest BCUT2D eigenvalue weighted by Crippen LogP contribution is 2.83. The van der Waals surface area contributed by atoms with Crippen molar-refractivity contribution in [1.29, 1.82) is 0 Å². The summed E-state index contributed by atoms with van der Waals surface area (Å²) in [4.78, 5) is 41.8. The topological polar surface area (TPSA) is 163 Å². The number of ether oxygens (including phenoxy) is 11. The molecule has 0 amide bonds. The molecular formula is C51H72O14. The average Bonchev–Trinajstić information content (AvgIpc) is 4.22. The molecule has 2 saturated carbocycles. The number of carbonyl (C=O) groups excluding carboxylic acids is 3. The Morgan fingerprint density at radius 2 is 1.57 bits per heavy atom. The van der Waals surface area contributed by atoms with E-state index in [1.54, 1.807) is 13.8 Å². The van der Waals surface area contributed by atoms with E-state index in [1.807, 2.05) is 30.3 Å². The Hall–Kier alpha value is -2.95. The molecule has 2 spiro atoms. The molecule has 0 N–H and O–H groups in total. The zero-order valence-corrected chi connectivity index (χ0v) is 39.8. The largest absolute Gasteiger partial charge is 0.458 e. The van der Waals surface area contributed by atoms with Gasteiger partial charge in [-0.1, -0.05) is 91.1 Å². The van der Waals surface area contributed by atoms with Crippen molar-refractivity contribution in [3.05, 3.63) is 47.0 Å². The van der Waals surface area contributed by atoms with Crippen molar-refractivity contribution in [3.8, 4) is 0 Å². The first-order valence-electron chi connectivity index (χ1n) is 24.7. The third-order valence-electron chi connectivity index (χ3n) is 16.1. The molecule has 65 heavy (non-hydrogen) atoms. The van der Waals surface area contributed by atoms with Crippen LogP contribution in [0.3, 0.4) is 0 Å². The lowest BCUT2D eigenvalue weighted by atomic mass is 9.46. The second-order valence-corrected chi connectivity index (χ2v) is 21.0. The van der Waals surface area contributed by atoms with Crippen LogP contribution in [0.25, 0.3) is 0 Å². The second-order valence-electron chi connectivity index (χ2n) is 21.0. The number of fused-ring (bicyclic) bond motifs is 4. The first-order valence-corrected chi connectivity index (χ1v) is 24.7. The minimum atomic E-state index is -1.35. The number of hydrogen-bond donors (Lipinski definition) is 0. The normalized spacial score (nSPS) is 39.6. The number of carbonyl (C=O) groups is 3. The molecule has 2 unspecified atom stereocenters. The van der Waals surface area contributed by atoms with Crippen molar-refractivity contribution in [2.75, 3.05) is 33.0 Å². The highest BCUT2D eigenvalue weighted by molar-refractivity contribution is 5.92. The van der Waals surface area contributed by atoms with Crippen LogP contribution in [0.1, 0.15) is 125 Å². The standard InChI is InChI=1S/C51H72O14/c1-9-12-22-55-29-35-38(56-23-13-10-2)39(57-24-14-11-3)40(58-27-31-18-16-15-17-19-31)44(60-35)62-46(54)47(6,7)26-37(52)61-45-49(30(4)5)41(64-49)42-51(65-42)48(8)21-20-32-33(28-59-43(32)53)34(48)25-36-50(45,51)63-36/h15-19,30,34-36,38-42,44-45H,9-14,20-29H2,1-8H3/t34-,35?,36-,38+,39-,40?,41-,42-,44+,45+,48-,49-,50+,51+/m0/s1. The molecule has 14 nitrogen and oxygen atoms in total. The average molecular weight is 909 g/mol. The molecule has 5 aliphatic heterocycles. The predicted octanol–water partition coefficient (Wildman–Crippen LogP) is 7.11. The second kappa shape index (κ2) is 18.2. The molecule has 5 heterocycles. The van der Waals surface area contributed by atoms with Crippen LogP contribution >= 0.6 is 0 Å². The van der Waals surface area contributed by atoms with Gasteiger partial charge in [-0.3, -0.25) is 9.59 Å². The SMILES string of the molecule is CCCCOCC1O[C@H](OC(=O)C(C)(C)CC(=O)O[C@@H]2[C@@]3(C(C)C)O[C@H]3[C@@H]3O[C@]34[C@]23O[C@H]3C[C@H]2C3=C(CC[C@@]24C)C(=O)OC3)C(OCc2ccccc2)[C@@H](OCCCC)[C@@H]1OCCCC. The Labute approximate surface area is 384 Å². The molecule has 360 valence electrons. The highest BCUT2D eigenvalue weighted by atomic mass is 16.8. The van der Waals surface area contributed by atoms with Gasteiger partial charge < -0.3 is 52.1 Å². The zero-order chi connectivity index (χ0) is 45.9. The van der Waals surface area contributed by atoms with Crippen LogP contribution in [0.2, 0.25) is 0 Å². The van der Waals surface area contributed by atoms with Crippen molar-refractivity contribution in [2.45, 2.75) is 198 Å². The fraction of sp³-hybridized carbons (Fsp3) is 0.784. The first kappa shape index (κ1) is 47.1. The van der Waals surface area contributed by atoms with Gasteiger partial charge in [0.1, 0.15) is 54.4 Å².